The Bertz CT molecular complexity index is 1360. The van der Waals surface area contributed by atoms with E-state index in [9.17, 15) is 9.59 Å². The number of aromatic amines is 1. The minimum Gasteiger partial charge on any atom is -0.497 e. The largest absolute Gasteiger partial charge is 0.497 e. The van der Waals surface area contributed by atoms with Gasteiger partial charge in [0.15, 0.2) is 0 Å². The highest BCUT2D eigenvalue weighted by Gasteiger charge is 2.22. The Morgan fingerprint density at radius 3 is 2.47 bits per heavy atom. The molecule has 0 fully saturated rings. The number of hydrogen-bond acceptors (Lipinski definition) is 3. The van der Waals surface area contributed by atoms with Crippen LogP contribution in [0.2, 0.25) is 0 Å². The van der Waals surface area contributed by atoms with Crippen LogP contribution in [0.3, 0.4) is 0 Å². The Labute approximate surface area is 224 Å². The van der Waals surface area contributed by atoms with Crippen LogP contribution in [-0.4, -0.2) is 53.5 Å². The van der Waals surface area contributed by atoms with Crippen molar-refractivity contribution in [3.8, 4) is 5.75 Å². The fraction of sp³-hybridized carbons (Fsp3) is 0.290. The summed E-state index contributed by atoms with van der Waals surface area (Å²) in [5.74, 6) is 0.681. The number of nitrogens with zero attached hydrogens (tertiary/aromatic N) is 2. The van der Waals surface area contributed by atoms with Crippen molar-refractivity contribution in [2.24, 2.45) is 0 Å². The number of aryl methyl sites for hydroxylation is 1. The molecule has 1 aromatic heterocycles. The number of nitrogens with one attached hydrogen (secondary N) is 2. The number of methoxy groups -OCH3 is 1. The first-order valence-corrected chi connectivity index (χ1v) is 13.0. The van der Waals surface area contributed by atoms with Crippen molar-refractivity contribution in [1.82, 2.24) is 14.8 Å². The van der Waals surface area contributed by atoms with Gasteiger partial charge in [-0.15, -0.1) is 0 Å². The molecule has 7 heteroatoms. The molecule has 0 bridgehead atoms. The number of carbonyl (C=O) groups is 2. The second kappa shape index (κ2) is 12.8. The highest BCUT2D eigenvalue weighted by atomic mass is 16.5. The third-order valence-electron chi connectivity index (χ3n) is 6.59. The van der Waals surface area contributed by atoms with Crippen molar-refractivity contribution in [1.29, 1.82) is 0 Å². The van der Waals surface area contributed by atoms with Gasteiger partial charge in [0, 0.05) is 42.4 Å². The number of anilines is 1. The standard InChI is InChI=1S/C31H36N4O3/c1-4-17-35(31(37)33-26-9-7-8-23(2)19-26)22-30(36)34(21-24-12-14-27(38-3)15-13-24)18-16-25-20-32-29-11-6-5-10-28(25)29/h5-15,19-20,32H,4,16-18,21-22H2,1-3H3,(H,33,37). The third kappa shape index (κ3) is 6.94. The van der Waals surface area contributed by atoms with Gasteiger partial charge in [0.2, 0.25) is 5.91 Å². The summed E-state index contributed by atoms with van der Waals surface area (Å²) in [6.45, 7) is 5.46. The molecule has 4 rings (SSSR count). The van der Waals surface area contributed by atoms with Crippen LogP contribution in [0.4, 0.5) is 10.5 Å². The second-order valence-corrected chi connectivity index (χ2v) is 9.49. The number of rotatable bonds is 11. The summed E-state index contributed by atoms with van der Waals surface area (Å²) in [6, 6.07) is 23.3. The van der Waals surface area contributed by atoms with Gasteiger partial charge in [-0.25, -0.2) is 4.79 Å². The lowest BCUT2D eigenvalue weighted by Crippen LogP contribution is -2.45. The maximum atomic E-state index is 13.7. The monoisotopic (exact) mass is 512 g/mol. The van der Waals surface area contributed by atoms with Crippen molar-refractivity contribution in [2.45, 2.75) is 33.2 Å². The highest BCUT2D eigenvalue weighted by molar-refractivity contribution is 5.92. The molecule has 4 aromatic rings. The molecule has 3 aromatic carbocycles. The Kier molecular flexibility index (Phi) is 9.03. The maximum Gasteiger partial charge on any atom is 0.322 e. The molecule has 0 atom stereocenters. The zero-order chi connectivity index (χ0) is 26.9. The highest BCUT2D eigenvalue weighted by Crippen LogP contribution is 2.20. The summed E-state index contributed by atoms with van der Waals surface area (Å²) in [5, 5.41) is 4.11. The number of amides is 3. The van der Waals surface area contributed by atoms with E-state index in [0.29, 0.717) is 26.1 Å². The van der Waals surface area contributed by atoms with Gasteiger partial charge < -0.3 is 24.8 Å². The molecule has 0 saturated carbocycles. The van der Waals surface area contributed by atoms with Gasteiger partial charge in [-0.3, -0.25) is 4.79 Å². The molecule has 0 aliphatic heterocycles. The minimum absolute atomic E-state index is 0.00945. The average Bonchev–Trinajstić information content (AvgIpc) is 3.34. The van der Waals surface area contributed by atoms with E-state index in [-0.39, 0.29) is 18.5 Å². The number of benzene rings is 3. The van der Waals surface area contributed by atoms with E-state index < -0.39 is 0 Å². The summed E-state index contributed by atoms with van der Waals surface area (Å²) >= 11 is 0. The van der Waals surface area contributed by atoms with Crippen LogP contribution in [0.5, 0.6) is 5.75 Å². The van der Waals surface area contributed by atoms with Crippen molar-refractivity contribution in [2.75, 3.05) is 32.1 Å². The van der Waals surface area contributed by atoms with Gasteiger partial charge in [-0.1, -0.05) is 49.4 Å². The van der Waals surface area contributed by atoms with Gasteiger partial charge >= 0.3 is 6.03 Å². The molecule has 198 valence electrons. The summed E-state index contributed by atoms with van der Waals surface area (Å²) in [4.78, 5) is 33.5. The lowest BCUT2D eigenvalue weighted by atomic mass is 10.1. The smallest absolute Gasteiger partial charge is 0.322 e. The van der Waals surface area contributed by atoms with Crippen LogP contribution in [-0.2, 0) is 17.8 Å². The van der Waals surface area contributed by atoms with Crippen LogP contribution in [0.25, 0.3) is 10.9 Å². The van der Waals surface area contributed by atoms with Crippen LogP contribution < -0.4 is 10.1 Å². The zero-order valence-corrected chi connectivity index (χ0v) is 22.4. The summed E-state index contributed by atoms with van der Waals surface area (Å²) in [7, 11) is 1.64. The second-order valence-electron chi connectivity index (χ2n) is 9.49. The number of carbonyl (C=O) groups excluding carboxylic acids is 2. The first kappa shape index (κ1) is 26.8. The summed E-state index contributed by atoms with van der Waals surface area (Å²) in [6.07, 6.45) is 3.47. The molecule has 0 radical (unpaired) electrons. The predicted molar refractivity (Wildman–Crippen MR) is 152 cm³/mol. The van der Waals surface area contributed by atoms with Crippen LogP contribution in [0.15, 0.2) is 79.0 Å². The number of ether oxygens (including phenoxy) is 1. The lowest BCUT2D eigenvalue weighted by Gasteiger charge is -2.28. The van der Waals surface area contributed by atoms with Gasteiger partial charge in [-0.2, -0.15) is 0 Å². The minimum atomic E-state index is -0.271. The topological polar surface area (TPSA) is 77.7 Å². The Morgan fingerprint density at radius 1 is 0.947 bits per heavy atom. The molecule has 38 heavy (non-hydrogen) atoms. The summed E-state index contributed by atoms with van der Waals surface area (Å²) in [5.41, 5.74) is 5.03. The normalized spacial score (nSPS) is 10.8. The first-order chi connectivity index (χ1) is 18.5. The van der Waals surface area contributed by atoms with E-state index in [1.54, 1.807) is 12.0 Å². The quantitative estimate of drug-likeness (QED) is 0.259. The van der Waals surface area contributed by atoms with Crippen LogP contribution in [0, 0.1) is 6.92 Å². The molecule has 0 aliphatic rings. The van der Waals surface area contributed by atoms with E-state index in [4.69, 9.17) is 4.74 Å². The van der Waals surface area contributed by atoms with E-state index >= 15 is 0 Å². The first-order valence-electron chi connectivity index (χ1n) is 13.0. The predicted octanol–water partition coefficient (Wildman–Crippen LogP) is 6.00. The number of para-hydroxylation sites is 1. The van der Waals surface area contributed by atoms with Crippen molar-refractivity contribution >= 4 is 28.5 Å². The number of fused-ring (bicyclic) bond motifs is 1. The number of hydrogen-bond donors (Lipinski definition) is 2. The molecule has 7 nitrogen and oxygen atoms in total. The molecule has 3 amide bonds. The fourth-order valence-electron chi connectivity index (χ4n) is 4.55. The van der Waals surface area contributed by atoms with E-state index in [1.807, 2.05) is 85.6 Å². The van der Waals surface area contributed by atoms with Crippen molar-refractivity contribution in [3.63, 3.8) is 0 Å². The molecule has 0 aliphatic carbocycles. The van der Waals surface area contributed by atoms with Gasteiger partial charge in [-0.05, 0) is 66.8 Å². The van der Waals surface area contributed by atoms with E-state index in [1.165, 1.54) is 0 Å². The SMILES string of the molecule is CCCN(CC(=O)N(CCc1c[nH]c2ccccc12)Cc1ccc(OC)cc1)C(=O)Nc1cccc(C)c1. The Hall–Kier alpha value is -4.26. The molecular formula is C31H36N4O3. The number of aromatic nitrogens is 1. The van der Waals surface area contributed by atoms with Crippen molar-refractivity contribution in [3.05, 3.63) is 95.7 Å². The molecule has 0 saturated heterocycles. The molecule has 2 N–H and O–H groups in total. The number of urea groups is 1. The average molecular weight is 513 g/mol. The van der Waals surface area contributed by atoms with E-state index in [2.05, 4.69) is 22.4 Å². The van der Waals surface area contributed by atoms with Gasteiger partial charge in [0.25, 0.3) is 0 Å². The maximum absolute atomic E-state index is 13.7. The Morgan fingerprint density at radius 2 is 1.74 bits per heavy atom. The molecule has 0 unspecified atom stereocenters. The number of H-pyrrole nitrogens is 1. The van der Waals surface area contributed by atoms with Crippen LogP contribution in [0.1, 0.15) is 30.0 Å². The third-order valence-corrected chi connectivity index (χ3v) is 6.59. The van der Waals surface area contributed by atoms with Gasteiger partial charge in [0.05, 0.1) is 7.11 Å². The zero-order valence-electron chi connectivity index (χ0n) is 22.4. The van der Waals surface area contributed by atoms with Crippen molar-refractivity contribution < 1.29 is 14.3 Å². The molecule has 1 heterocycles. The lowest BCUT2D eigenvalue weighted by molar-refractivity contribution is -0.132. The van der Waals surface area contributed by atoms with Gasteiger partial charge in [0.1, 0.15) is 12.3 Å². The van der Waals surface area contributed by atoms with E-state index in [0.717, 1.165) is 45.5 Å². The summed E-state index contributed by atoms with van der Waals surface area (Å²) < 4.78 is 5.29. The van der Waals surface area contributed by atoms with Crippen LogP contribution >= 0.6 is 0 Å². The Balaban J connectivity index is 1.50. The molecular weight excluding hydrogens is 476 g/mol. The fourth-order valence-corrected chi connectivity index (χ4v) is 4.55. The molecule has 0 spiro atoms.